The van der Waals surface area contributed by atoms with Gasteiger partial charge in [0, 0.05) is 18.2 Å². The SMILES string of the molecule is Cc1ccccc1-c1nnc(SCC(=O)c2cc(C)c(C)c(C)c2C)n1C. The van der Waals surface area contributed by atoms with Gasteiger partial charge < -0.3 is 4.57 Å². The van der Waals surface area contributed by atoms with Crippen LogP contribution in [0.4, 0.5) is 0 Å². The van der Waals surface area contributed by atoms with Crippen molar-refractivity contribution in [2.45, 2.75) is 39.8 Å². The van der Waals surface area contributed by atoms with Crippen molar-refractivity contribution in [3.8, 4) is 11.4 Å². The molecule has 3 rings (SSSR count). The third-order valence-corrected chi connectivity index (χ3v) is 6.36. The Morgan fingerprint density at radius 3 is 2.37 bits per heavy atom. The highest BCUT2D eigenvalue weighted by Crippen LogP contribution is 2.27. The number of hydrogen-bond donors (Lipinski definition) is 0. The van der Waals surface area contributed by atoms with Crippen LogP contribution in [0.25, 0.3) is 11.4 Å². The molecule has 0 aliphatic heterocycles. The smallest absolute Gasteiger partial charge is 0.191 e. The van der Waals surface area contributed by atoms with Crippen LogP contribution in [0.15, 0.2) is 35.5 Å². The number of nitrogens with zero attached hydrogens (tertiary/aromatic N) is 3. The lowest BCUT2D eigenvalue weighted by Crippen LogP contribution is -2.08. The lowest BCUT2D eigenvalue weighted by molar-refractivity contribution is 0.102. The van der Waals surface area contributed by atoms with Crippen molar-refractivity contribution in [3.05, 3.63) is 63.7 Å². The standard InChI is InChI=1S/C22H25N3OS/c1-13-9-7-8-10-18(13)21-23-24-22(25(21)6)27-12-20(26)19-11-14(2)15(3)16(4)17(19)5/h7-11H,12H2,1-6H3. The minimum Gasteiger partial charge on any atom is -0.305 e. The number of aromatic nitrogens is 3. The number of ketones is 1. The maximum Gasteiger partial charge on any atom is 0.191 e. The minimum absolute atomic E-state index is 0.129. The Kier molecular flexibility index (Phi) is 5.51. The molecule has 2 aromatic carbocycles. The lowest BCUT2D eigenvalue weighted by atomic mass is 9.93. The monoisotopic (exact) mass is 379 g/mol. The van der Waals surface area contributed by atoms with E-state index in [0.29, 0.717) is 5.75 Å². The second kappa shape index (κ2) is 7.69. The van der Waals surface area contributed by atoms with Gasteiger partial charge in [-0.3, -0.25) is 4.79 Å². The summed E-state index contributed by atoms with van der Waals surface area (Å²) in [6, 6.07) is 10.1. The van der Waals surface area contributed by atoms with Gasteiger partial charge in [-0.1, -0.05) is 36.0 Å². The van der Waals surface area contributed by atoms with Crippen LogP contribution in [0, 0.1) is 34.6 Å². The Morgan fingerprint density at radius 2 is 1.67 bits per heavy atom. The average molecular weight is 380 g/mol. The molecule has 0 aliphatic rings. The molecule has 0 saturated heterocycles. The van der Waals surface area contributed by atoms with E-state index < -0.39 is 0 Å². The quantitative estimate of drug-likeness (QED) is 0.462. The summed E-state index contributed by atoms with van der Waals surface area (Å²) in [6.45, 7) is 10.3. The van der Waals surface area contributed by atoms with Gasteiger partial charge >= 0.3 is 0 Å². The molecule has 0 amide bonds. The van der Waals surface area contributed by atoms with Crippen molar-refractivity contribution in [3.63, 3.8) is 0 Å². The summed E-state index contributed by atoms with van der Waals surface area (Å²) < 4.78 is 1.96. The highest BCUT2D eigenvalue weighted by atomic mass is 32.2. The summed E-state index contributed by atoms with van der Waals surface area (Å²) in [7, 11) is 1.94. The predicted molar refractivity (Wildman–Crippen MR) is 112 cm³/mol. The third kappa shape index (κ3) is 3.69. The molecule has 3 aromatic rings. The topological polar surface area (TPSA) is 47.8 Å². The van der Waals surface area contributed by atoms with Gasteiger partial charge in [-0.15, -0.1) is 10.2 Å². The molecule has 0 saturated carbocycles. The Balaban J connectivity index is 1.81. The maximum absolute atomic E-state index is 12.8. The van der Waals surface area contributed by atoms with Gasteiger partial charge in [0.05, 0.1) is 5.75 Å². The molecule has 0 spiro atoms. The van der Waals surface area contributed by atoms with E-state index in [9.17, 15) is 4.79 Å². The van der Waals surface area contributed by atoms with Crippen LogP contribution >= 0.6 is 11.8 Å². The second-order valence-corrected chi connectivity index (χ2v) is 7.95. The summed E-state index contributed by atoms with van der Waals surface area (Å²) in [5, 5.41) is 9.38. The first-order valence-corrected chi connectivity index (χ1v) is 9.98. The van der Waals surface area contributed by atoms with E-state index in [1.54, 1.807) is 0 Å². The number of hydrogen-bond acceptors (Lipinski definition) is 4. The number of benzene rings is 2. The highest BCUT2D eigenvalue weighted by Gasteiger charge is 2.17. The van der Waals surface area contributed by atoms with Gasteiger partial charge in [0.25, 0.3) is 0 Å². The fourth-order valence-electron chi connectivity index (χ4n) is 3.21. The predicted octanol–water partition coefficient (Wildman–Crippen LogP) is 5.00. The molecular weight excluding hydrogens is 354 g/mol. The van der Waals surface area contributed by atoms with Crippen LogP contribution in [-0.4, -0.2) is 26.3 Å². The van der Waals surface area contributed by atoms with Crippen molar-refractivity contribution in [2.75, 3.05) is 5.75 Å². The molecule has 0 N–H and O–H groups in total. The van der Waals surface area contributed by atoms with Crippen LogP contribution in [0.2, 0.25) is 0 Å². The first kappa shape index (κ1) is 19.4. The average Bonchev–Trinajstić information content (AvgIpc) is 3.01. The maximum atomic E-state index is 12.8. The second-order valence-electron chi connectivity index (χ2n) is 7.01. The minimum atomic E-state index is 0.129. The first-order chi connectivity index (χ1) is 12.8. The Bertz CT molecular complexity index is 1020. The van der Waals surface area contributed by atoms with Crippen LogP contribution < -0.4 is 0 Å². The van der Waals surface area contributed by atoms with Crippen molar-refractivity contribution < 1.29 is 4.79 Å². The Hall–Kier alpha value is -2.40. The highest BCUT2D eigenvalue weighted by molar-refractivity contribution is 7.99. The summed E-state index contributed by atoms with van der Waals surface area (Å²) in [4.78, 5) is 12.8. The van der Waals surface area contributed by atoms with E-state index in [1.165, 1.54) is 22.9 Å². The Labute approximate surface area is 165 Å². The molecule has 0 fully saturated rings. The number of carbonyl (C=O) groups is 1. The van der Waals surface area contributed by atoms with Gasteiger partial charge in [-0.2, -0.15) is 0 Å². The number of carbonyl (C=O) groups excluding carboxylic acids is 1. The van der Waals surface area contributed by atoms with Crippen molar-refractivity contribution >= 4 is 17.5 Å². The van der Waals surface area contributed by atoms with E-state index in [-0.39, 0.29) is 5.78 Å². The van der Waals surface area contributed by atoms with E-state index in [4.69, 9.17) is 0 Å². The number of Topliss-reactive ketones (excluding diaryl/α,β-unsaturated/α-hetero) is 1. The van der Waals surface area contributed by atoms with Crippen LogP contribution in [0.3, 0.4) is 0 Å². The molecule has 0 radical (unpaired) electrons. The first-order valence-electron chi connectivity index (χ1n) is 9.00. The fraction of sp³-hybridized carbons (Fsp3) is 0.318. The lowest BCUT2D eigenvalue weighted by Gasteiger charge is -2.13. The Morgan fingerprint density at radius 1 is 0.963 bits per heavy atom. The largest absolute Gasteiger partial charge is 0.305 e. The molecule has 27 heavy (non-hydrogen) atoms. The number of rotatable bonds is 5. The molecule has 1 heterocycles. The van der Waals surface area contributed by atoms with Gasteiger partial charge in [0.1, 0.15) is 0 Å². The summed E-state index contributed by atoms with van der Waals surface area (Å²) in [5.41, 5.74) is 7.71. The third-order valence-electron chi connectivity index (χ3n) is 5.33. The molecule has 0 atom stereocenters. The van der Waals surface area contributed by atoms with Crippen LogP contribution in [0.5, 0.6) is 0 Å². The molecule has 4 nitrogen and oxygen atoms in total. The summed E-state index contributed by atoms with van der Waals surface area (Å²) >= 11 is 1.44. The molecule has 1 aromatic heterocycles. The van der Waals surface area contributed by atoms with Crippen LogP contribution in [-0.2, 0) is 7.05 Å². The van der Waals surface area contributed by atoms with Crippen molar-refractivity contribution in [1.82, 2.24) is 14.8 Å². The number of aryl methyl sites for hydroxylation is 2. The summed E-state index contributed by atoms with van der Waals surface area (Å²) in [6.07, 6.45) is 0. The van der Waals surface area contributed by atoms with E-state index in [0.717, 1.165) is 38.8 Å². The van der Waals surface area contributed by atoms with Crippen molar-refractivity contribution in [1.29, 1.82) is 0 Å². The number of thioether (sulfide) groups is 1. The molecule has 0 unspecified atom stereocenters. The van der Waals surface area contributed by atoms with E-state index in [2.05, 4.69) is 44.0 Å². The van der Waals surface area contributed by atoms with Gasteiger partial charge in [-0.25, -0.2) is 0 Å². The van der Waals surface area contributed by atoms with Gasteiger partial charge in [-0.05, 0) is 68.5 Å². The molecular formula is C22H25N3OS. The molecule has 140 valence electrons. The zero-order valence-electron chi connectivity index (χ0n) is 16.8. The van der Waals surface area contributed by atoms with Crippen molar-refractivity contribution in [2.24, 2.45) is 7.05 Å². The zero-order chi connectivity index (χ0) is 19.7. The molecule has 0 aliphatic carbocycles. The van der Waals surface area contributed by atoms with E-state index >= 15 is 0 Å². The normalized spacial score (nSPS) is 11.0. The van der Waals surface area contributed by atoms with Crippen LogP contribution in [0.1, 0.15) is 38.2 Å². The summed E-state index contributed by atoms with van der Waals surface area (Å²) in [5.74, 6) is 1.30. The van der Waals surface area contributed by atoms with Gasteiger partial charge in [0.2, 0.25) is 0 Å². The zero-order valence-corrected chi connectivity index (χ0v) is 17.6. The van der Waals surface area contributed by atoms with Gasteiger partial charge in [0.15, 0.2) is 16.8 Å². The fourth-order valence-corrected chi connectivity index (χ4v) is 4.00. The van der Waals surface area contributed by atoms with E-state index in [1.807, 2.05) is 42.8 Å². The molecule has 5 heteroatoms. The molecule has 0 bridgehead atoms.